The summed E-state index contributed by atoms with van der Waals surface area (Å²) in [5.41, 5.74) is 9.82. The van der Waals surface area contributed by atoms with E-state index in [-0.39, 0.29) is 0 Å². The molecule has 0 bridgehead atoms. The quantitative estimate of drug-likeness (QED) is 0.186. The first-order valence-corrected chi connectivity index (χ1v) is 17.4. The van der Waals surface area contributed by atoms with Gasteiger partial charge in [-0.05, 0) is 99.8 Å². The Labute approximate surface area is 287 Å². The van der Waals surface area contributed by atoms with Gasteiger partial charge in [0.1, 0.15) is 11.2 Å². The SMILES string of the molecule is c1cc(-c2ccc3ccccc3c2)cc(N(c2cccc(-c3ccc4c(c3)sc3ccccc34)c2)c2ccc3oc4ccccc4c3c2)c1. The monoisotopic (exact) mass is 643 g/mol. The third-order valence-corrected chi connectivity index (χ3v) is 10.8. The number of hydrogen-bond donors (Lipinski definition) is 0. The Kier molecular flexibility index (Phi) is 6.39. The van der Waals surface area contributed by atoms with Crippen molar-refractivity contribution in [2.75, 3.05) is 4.90 Å². The number of thiophene rings is 1. The zero-order valence-corrected chi connectivity index (χ0v) is 27.3. The summed E-state index contributed by atoms with van der Waals surface area (Å²) in [6.45, 7) is 0. The van der Waals surface area contributed by atoms with Gasteiger partial charge >= 0.3 is 0 Å². The number of hydrogen-bond acceptors (Lipinski definition) is 3. The lowest BCUT2D eigenvalue weighted by molar-refractivity contribution is 0.669. The maximum absolute atomic E-state index is 6.23. The molecule has 0 N–H and O–H groups in total. The van der Waals surface area contributed by atoms with Crippen molar-refractivity contribution in [3.8, 4) is 22.3 Å². The lowest BCUT2D eigenvalue weighted by Crippen LogP contribution is -2.10. The number of para-hydroxylation sites is 1. The Morgan fingerprint density at radius 3 is 1.80 bits per heavy atom. The van der Waals surface area contributed by atoms with Crippen molar-refractivity contribution in [1.82, 2.24) is 0 Å². The van der Waals surface area contributed by atoms with Crippen LogP contribution in [-0.2, 0) is 0 Å². The van der Waals surface area contributed by atoms with Crippen LogP contribution >= 0.6 is 11.3 Å². The summed E-state index contributed by atoms with van der Waals surface area (Å²) < 4.78 is 8.86. The minimum absolute atomic E-state index is 0.889. The molecule has 0 atom stereocenters. The van der Waals surface area contributed by atoms with E-state index in [1.807, 2.05) is 23.5 Å². The van der Waals surface area contributed by atoms with E-state index in [1.165, 1.54) is 53.2 Å². The third kappa shape index (κ3) is 4.78. The van der Waals surface area contributed by atoms with E-state index in [2.05, 4.69) is 169 Å². The van der Waals surface area contributed by atoms with E-state index >= 15 is 0 Å². The molecule has 0 saturated carbocycles. The molecule has 2 heterocycles. The minimum atomic E-state index is 0.889. The Bertz CT molecular complexity index is 2860. The maximum Gasteiger partial charge on any atom is 0.135 e. The van der Waals surface area contributed by atoms with Crippen LogP contribution in [0.2, 0.25) is 0 Å². The highest BCUT2D eigenvalue weighted by Crippen LogP contribution is 2.42. The molecule has 0 spiro atoms. The zero-order valence-electron chi connectivity index (χ0n) is 26.5. The fourth-order valence-corrected chi connectivity index (χ4v) is 8.37. The Hall–Kier alpha value is -6.16. The van der Waals surface area contributed by atoms with Crippen molar-refractivity contribution in [2.45, 2.75) is 0 Å². The second-order valence-corrected chi connectivity index (χ2v) is 13.7. The molecule has 0 unspecified atom stereocenters. The molecule has 8 aromatic carbocycles. The van der Waals surface area contributed by atoms with Crippen LogP contribution in [0.3, 0.4) is 0 Å². The number of rotatable bonds is 5. The van der Waals surface area contributed by atoms with E-state index in [1.54, 1.807) is 0 Å². The normalized spacial score (nSPS) is 11.7. The molecule has 3 heteroatoms. The zero-order chi connectivity index (χ0) is 32.3. The fourth-order valence-electron chi connectivity index (χ4n) is 7.22. The highest BCUT2D eigenvalue weighted by molar-refractivity contribution is 7.25. The third-order valence-electron chi connectivity index (χ3n) is 9.62. The summed E-state index contributed by atoms with van der Waals surface area (Å²) >= 11 is 1.86. The summed E-state index contributed by atoms with van der Waals surface area (Å²) in [6, 6.07) is 63.4. The largest absolute Gasteiger partial charge is 0.456 e. The molecule has 0 fully saturated rings. The lowest BCUT2D eigenvalue weighted by atomic mass is 10.00. The summed E-state index contributed by atoms with van der Waals surface area (Å²) in [5, 5.41) is 7.35. The average Bonchev–Trinajstić information content (AvgIpc) is 3.73. The molecule has 0 aliphatic heterocycles. The van der Waals surface area contributed by atoms with E-state index in [9.17, 15) is 0 Å². The smallest absolute Gasteiger partial charge is 0.135 e. The maximum atomic E-state index is 6.23. The Morgan fingerprint density at radius 1 is 0.347 bits per heavy atom. The molecular weight excluding hydrogens is 615 g/mol. The highest BCUT2D eigenvalue weighted by atomic mass is 32.1. The van der Waals surface area contributed by atoms with Crippen LogP contribution in [0.15, 0.2) is 180 Å². The second-order valence-electron chi connectivity index (χ2n) is 12.6. The van der Waals surface area contributed by atoms with Gasteiger partial charge in [0.2, 0.25) is 0 Å². The first-order chi connectivity index (χ1) is 24.2. The van der Waals surface area contributed by atoms with Crippen LogP contribution in [0.5, 0.6) is 0 Å². The number of benzene rings is 8. The van der Waals surface area contributed by atoms with Crippen molar-refractivity contribution >= 4 is 81.3 Å². The lowest BCUT2D eigenvalue weighted by Gasteiger charge is -2.26. The van der Waals surface area contributed by atoms with E-state index in [0.29, 0.717) is 0 Å². The summed E-state index contributed by atoms with van der Waals surface area (Å²) in [7, 11) is 0. The van der Waals surface area contributed by atoms with Gasteiger partial charge in [0, 0.05) is 48.0 Å². The molecule has 10 aromatic rings. The molecule has 230 valence electrons. The van der Waals surface area contributed by atoms with Crippen LogP contribution in [-0.4, -0.2) is 0 Å². The molecule has 0 aliphatic carbocycles. The van der Waals surface area contributed by atoms with Crippen LogP contribution in [0.25, 0.3) is 75.1 Å². The Morgan fingerprint density at radius 2 is 0.959 bits per heavy atom. The summed E-state index contributed by atoms with van der Waals surface area (Å²) in [4.78, 5) is 2.37. The van der Waals surface area contributed by atoms with Gasteiger partial charge in [-0.3, -0.25) is 0 Å². The van der Waals surface area contributed by atoms with Crippen LogP contribution < -0.4 is 4.90 Å². The molecule has 2 nitrogen and oxygen atoms in total. The van der Waals surface area contributed by atoms with E-state index < -0.39 is 0 Å². The topological polar surface area (TPSA) is 16.4 Å². The molecule has 0 saturated heterocycles. The molecule has 2 aromatic heterocycles. The average molecular weight is 644 g/mol. The van der Waals surface area contributed by atoms with Crippen LogP contribution in [0.4, 0.5) is 17.1 Å². The molecular formula is C46H29NOS. The van der Waals surface area contributed by atoms with Crippen molar-refractivity contribution in [2.24, 2.45) is 0 Å². The molecule has 0 aliphatic rings. The van der Waals surface area contributed by atoms with Gasteiger partial charge < -0.3 is 9.32 Å². The van der Waals surface area contributed by atoms with Crippen LogP contribution in [0, 0.1) is 0 Å². The van der Waals surface area contributed by atoms with Gasteiger partial charge in [0.25, 0.3) is 0 Å². The van der Waals surface area contributed by atoms with Gasteiger partial charge in [-0.1, -0.05) is 109 Å². The second kappa shape index (κ2) is 11.2. The predicted molar refractivity (Wildman–Crippen MR) is 210 cm³/mol. The van der Waals surface area contributed by atoms with Crippen LogP contribution in [0.1, 0.15) is 0 Å². The number of nitrogens with zero attached hydrogens (tertiary/aromatic N) is 1. The number of fused-ring (bicyclic) bond motifs is 7. The molecule has 10 rings (SSSR count). The highest BCUT2D eigenvalue weighted by Gasteiger charge is 2.17. The first kappa shape index (κ1) is 27.9. The molecule has 0 amide bonds. The first-order valence-electron chi connectivity index (χ1n) is 16.6. The van der Waals surface area contributed by atoms with Gasteiger partial charge in [-0.25, -0.2) is 0 Å². The summed E-state index contributed by atoms with van der Waals surface area (Å²) in [5.74, 6) is 0. The van der Waals surface area contributed by atoms with Gasteiger partial charge in [-0.2, -0.15) is 0 Å². The number of anilines is 3. The van der Waals surface area contributed by atoms with Crippen molar-refractivity contribution in [1.29, 1.82) is 0 Å². The van der Waals surface area contributed by atoms with E-state index in [4.69, 9.17) is 4.42 Å². The predicted octanol–water partition coefficient (Wildman–Crippen LogP) is 13.9. The van der Waals surface area contributed by atoms with Crippen molar-refractivity contribution in [3.63, 3.8) is 0 Å². The van der Waals surface area contributed by atoms with Crippen molar-refractivity contribution in [3.05, 3.63) is 176 Å². The minimum Gasteiger partial charge on any atom is -0.456 e. The van der Waals surface area contributed by atoms with Crippen molar-refractivity contribution < 1.29 is 4.42 Å². The molecule has 49 heavy (non-hydrogen) atoms. The fraction of sp³-hybridized carbons (Fsp3) is 0. The van der Waals surface area contributed by atoms with Gasteiger partial charge in [-0.15, -0.1) is 11.3 Å². The Balaban J connectivity index is 1.14. The molecule has 0 radical (unpaired) electrons. The van der Waals surface area contributed by atoms with Gasteiger partial charge in [0.15, 0.2) is 0 Å². The standard InChI is InChI=1S/C46H29NOS/c1-2-10-31-25-34(20-19-30(31)9-1)32-11-7-13-36(26-32)47(38-22-24-44-42(29-38)39-15-3-5-17-43(39)48-44)37-14-8-12-33(27-37)35-21-23-41-40-16-4-6-18-45(40)49-46(41)28-35/h1-29H. The van der Waals surface area contributed by atoms with Gasteiger partial charge in [0.05, 0.1) is 0 Å². The van der Waals surface area contributed by atoms with E-state index in [0.717, 1.165) is 39.0 Å². The number of furan rings is 1. The summed E-state index contributed by atoms with van der Waals surface area (Å²) in [6.07, 6.45) is 0.